The van der Waals surface area contributed by atoms with Gasteiger partial charge in [-0.05, 0) is 37.2 Å². The minimum absolute atomic E-state index is 0.307. The molecule has 0 amide bonds. The number of hydrogen-bond acceptors (Lipinski definition) is 4. The van der Waals surface area contributed by atoms with Crippen molar-refractivity contribution in [2.75, 3.05) is 33.3 Å². The molecule has 0 aliphatic carbocycles. The molecule has 0 radical (unpaired) electrons. The van der Waals surface area contributed by atoms with Crippen molar-refractivity contribution >= 4 is 25.8 Å². The van der Waals surface area contributed by atoms with Gasteiger partial charge in [-0.1, -0.05) is 60.7 Å². The third kappa shape index (κ3) is 5.74. The topological polar surface area (TPSA) is 39.8 Å². The molecule has 1 fully saturated rings. The number of nitrogens with zero attached hydrogens (tertiary/aromatic N) is 2. The van der Waals surface area contributed by atoms with Crippen LogP contribution < -0.4 is 10.6 Å². The van der Waals surface area contributed by atoms with Crippen LogP contribution in [0.25, 0.3) is 0 Å². The Kier molecular flexibility index (Phi) is 8.40. The highest BCUT2D eigenvalue weighted by atomic mass is 32.1. The summed E-state index contributed by atoms with van der Waals surface area (Å²) in [5.74, 6) is 0. The third-order valence-electron chi connectivity index (χ3n) is 5.28. The van der Waals surface area contributed by atoms with E-state index >= 15 is 0 Å². The standard InChI is InChI=1S/C22H31N4OPS/c1-18(20-10-6-4-7-11-20)25-15-16-26(19(2)21-12-8-5-9-13-21)28(25)27-17-14-24-22(29)23-3/h4-13,18-19H,14-17H2,1-3H3,(H2,23,24,29)/t18-,19-/m0/s1. The number of benzene rings is 2. The van der Waals surface area contributed by atoms with Crippen molar-refractivity contribution in [1.82, 2.24) is 20.0 Å². The summed E-state index contributed by atoms with van der Waals surface area (Å²) in [5, 5.41) is 6.77. The quantitative estimate of drug-likeness (QED) is 0.366. The fraction of sp³-hybridized carbons (Fsp3) is 0.409. The fourth-order valence-electron chi connectivity index (χ4n) is 3.54. The van der Waals surface area contributed by atoms with Gasteiger partial charge in [-0.3, -0.25) is 0 Å². The molecule has 0 saturated carbocycles. The molecule has 2 aromatic carbocycles. The largest absolute Gasteiger partial charge is 0.366 e. The van der Waals surface area contributed by atoms with Gasteiger partial charge in [0, 0.05) is 38.8 Å². The van der Waals surface area contributed by atoms with Crippen LogP contribution in [0.3, 0.4) is 0 Å². The van der Waals surface area contributed by atoms with Gasteiger partial charge < -0.3 is 15.2 Å². The first-order chi connectivity index (χ1) is 14.1. The van der Waals surface area contributed by atoms with Crippen LogP contribution in [-0.2, 0) is 4.52 Å². The lowest BCUT2D eigenvalue weighted by molar-refractivity contribution is 0.275. The maximum atomic E-state index is 6.48. The molecule has 0 spiro atoms. The van der Waals surface area contributed by atoms with Gasteiger partial charge in [-0.2, -0.15) is 0 Å². The lowest BCUT2D eigenvalue weighted by atomic mass is 10.1. The zero-order valence-corrected chi connectivity index (χ0v) is 19.1. The Bertz CT molecular complexity index is 710. The minimum Gasteiger partial charge on any atom is -0.366 e. The van der Waals surface area contributed by atoms with Crippen molar-refractivity contribution in [1.29, 1.82) is 0 Å². The first-order valence-electron chi connectivity index (χ1n) is 10.1. The van der Waals surface area contributed by atoms with Crippen LogP contribution in [0.5, 0.6) is 0 Å². The molecular weight excluding hydrogens is 399 g/mol. The minimum atomic E-state index is -0.870. The van der Waals surface area contributed by atoms with Crippen molar-refractivity contribution in [3.63, 3.8) is 0 Å². The molecule has 0 unspecified atom stereocenters. The van der Waals surface area contributed by atoms with Crippen LogP contribution in [0.15, 0.2) is 60.7 Å². The van der Waals surface area contributed by atoms with Crippen LogP contribution >= 0.6 is 20.7 Å². The van der Waals surface area contributed by atoms with Gasteiger partial charge in [0.15, 0.2) is 13.6 Å². The molecule has 2 aromatic rings. The average molecular weight is 431 g/mol. The molecule has 1 heterocycles. The van der Waals surface area contributed by atoms with Crippen molar-refractivity contribution in [2.45, 2.75) is 25.9 Å². The van der Waals surface area contributed by atoms with Gasteiger partial charge in [-0.25, -0.2) is 9.34 Å². The molecule has 1 saturated heterocycles. The Hall–Kier alpha value is -1.56. The molecule has 5 nitrogen and oxygen atoms in total. The Morgan fingerprint density at radius 3 is 1.90 bits per heavy atom. The second-order valence-electron chi connectivity index (χ2n) is 7.09. The molecule has 0 bridgehead atoms. The second kappa shape index (κ2) is 11.0. The fourth-order valence-corrected chi connectivity index (χ4v) is 5.87. The first-order valence-corrected chi connectivity index (χ1v) is 11.7. The van der Waals surface area contributed by atoms with Crippen LogP contribution in [0.4, 0.5) is 0 Å². The first kappa shape index (κ1) is 22.1. The van der Waals surface area contributed by atoms with Gasteiger partial charge in [0.25, 0.3) is 0 Å². The van der Waals surface area contributed by atoms with Gasteiger partial charge in [0.2, 0.25) is 0 Å². The molecule has 2 atom stereocenters. The second-order valence-corrected chi connectivity index (χ2v) is 9.29. The highest BCUT2D eigenvalue weighted by Gasteiger charge is 2.39. The summed E-state index contributed by atoms with van der Waals surface area (Å²) in [5.41, 5.74) is 2.65. The SMILES string of the molecule is CNC(=S)NCCOP1N([C@@H](C)c2ccccc2)CCN1[C@@H](C)c1ccccc1. The molecule has 3 rings (SSSR count). The van der Waals surface area contributed by atoms with E-state index < -0.39 is 8.45 Å². The number of rotatable bonds is 8. The van der Waals surface area contributed by atoms with Gasteiger partial charge >= 0.3 is 0 Å². The van der Waals surface area contributed by atoms with Gasteiger partial charge in [0.05, 0.1) is 6.61 Å². The zero-order chi connectivity index (χ0) is 20.6. The maximum absolute atomic E-state index is 6.48. The van der Waals surface area contributed by atoms with Crippen molar-refractivity contribution < 1.29 is 4.52 Å². The highest BCUT2D eigenvalue weighted by molar-refractivity contribution is 7.80. The summed E-state index contributed by atoms with van der Waals surface area (Å²) in [6, 6.07) is 22.0. The Morgan fingerprint density at radius 2 is 1.45 bits per heavy atom. The summed E-state index contributed by atoms with van der Waals surface area (Å²) in [7, 11) is 0.953. The van der Waals surface area contributed by atoms with Crippen LogP contribution in [0, 0.1) is 0 Å². The van der Waals surface area contributed by atoms with E-state index in [0.717, 1.165) is 13.1 Å². The lowest BCUT2D eigenvalue weighted by Crippen LogP contribution is -2.35. The molecule has 156 valence electrons. The third-order valence-corrected chi connectivity index (χ3v) is 8.01. The smallest absolute Gasteiger partial charge is 0.189 e. The molecule has 1 aliphatic rings. The van der Waals surface area contributed by atoms with Crippen molar-refractivity contribution in [2.24, 2.45) is 0 Å². The van der Waals surface area contributed by atoms with Gasteiger partial charge in [0.1, 0.15) is 0 Å². The van der Waals surface area contributed by atoms with E-state index in [2.05, 4.69) is 94.5 Å². The number of thiocarbonyl (C=S) groups is 1. The van der Waals surface area contributed by atoms with E-state index in [9.17, 15) is 0 Å². The van der Waals surface area contributed by atoms with Crippen LogP contribution in [0.1, 0.15) is 37.1 Å². The molecule has 29 heavy (non-hydrogen) atoms. The summed E-state index contributed by atoms with van der Waals surface area (Å²) in [6.07, 6.45) is 0. The summed E-state index contributed by atoms with van der Waals surface area (Å²) in [6.45, 7) is 7.87. The zero-order valence-electron chi connectivity index (χ0n) is 17.4. The Balaban J connectivity index is 1.73. The lowest BCUT2D eigenvalue weighted by Gasteiger charge is -2.35. The van der Waals surface area contributed by atoms with Gasteiger partial charge in [-0.15, -0.1) is 0 Å². The molecule has 1 aliphatic heterocycles. The van der Waals surface area contributed by atoms with Crippen molar-refractivity contribution in [3.8, 4) is 0 Å². The van der Waals surface area contributed by atoms with E-state index in [0.29, 0.717) is 30.3 Å². The maximum Gasteiger partial charge on any atom is 0.189 e. The van der Waals surface area contributed by atoms with Crippen LogP contribution in [0.2, 0.25) is 0 Å². The van der Waals surface area contributed by atoms with Crippen molar-refractivity contribution in [3.05, 3.63) is 71.8 Å². The number of nitrogens with one attached hydrogen (secondary N) is 2. The molecule has 7 heteroatoms. The molecule has 2 N–H and O–H groups in total. The Labute approximate surface area is 181 Å². The summed E-state index contributed by atoms with van der Waals surface area (Å²) >= 11 is 5.17. The normalized spacial score (nSPS) is 17.8. The van der Waals surface area contributed by atoms with E-state index in [1.807, 2.05) is 7.05 Å². The molecular formula is C22H31N4OPS. The monoisotopic (exact) mass is 430 g/mol. The van der Waals surface area contributed by atoms with E-state index in [-0.39, 0.29) is 0 Å². The Morgan fingerprint density at radius 1 is 0.966 bits per heavy atom. The predicted octanol–water partition coefficient (Wildman–Crippen LogP) is 4.46. The number of hydrogen-bond donors (Lipinski definition) is 2. The predicted molar refractivity (Wildman–Crippen MR) is 126 cm³/mol. The van der Waals surface area contributed by atoms with E-state index in [1.165, 1.54) is 11.1 Å². The average Bonchev–Trinajstić information content (AvgIpc) is 3.20. The highest BCUT2D eigenvalue weighted by Crippen LogP contribution is 2.56. The molecule has 0 aromatic heterocycles. The van der Waals surface area contributed by atoms with Crippen LogP contribution in [-0.4, -0.2) is 47.7 Å². The summed E-state index contributed by atoms with van der Waals surface area (Å²) < 4.78 is 11.5. The van der Waals surface area contributed by atoms with E-state index in [4.69, 9.17) is 16.7 Å². The summed E-state index contributed by atoms with van der Waals surface area (Å²) in [4.78, 5) is 0. The van der Waals surface area contributed by atoms with E-state index in [1.54, 1.807) is 0 Å².